The molecule has 2 aliphatic rings. The molecule has 0 fully saturated rings. The Morgan fingerprint density at radius 1 is 0.964 bits per heavy atom. The number of nitrogens with zero attached hydrogens (tertiary/aromatic N) is 1. The maximum atomic E-state index is 12.8. The topological polar surface area (TPSA) is 66.5 Å². The van der Waals surface area contributed by atoms with Crippen LogP contribution >= 0.6 is 0 Å². The Morgan fingerprint density at radius 3 is 2.43 bits per heavy atom. The lowest BCUT2D eigenvalue weighted by molar-refractivity contribution is -0.133. The Labute approximate surface area is 166 Å². The van der Waals surface area contributed by atoms with Crippen LogP contribution in [0.3, 0.4) is 0 Å². The van der Waals surface area contributed by atoms with Gasteiger partial charge in [-0.3, -0.25) is 4.79 Å². The van der Waals surface area contributed by atoms with Gasteiger partial charge < -0.3 is 4.90 Å². The monoisotopic (exact) mass is 398 g/mol. The van der Waals surface area contributed by atoms with Gasteiger partial charge in [-0.1, -0.05) is 30.3 Å². The molecular formula is C22H26N2O3S. The Bertz CT molecular complexity index is 1000. The molecule has 6 heteroatoms. The Morgan fingerprint density at radius 2 is 1.64 bits per heavy atom. The maximum absolute atomic E-state index is 12.8. The summed E-state index contributed by atoms with van der Waals surface area (Å²) in [6.45, 7) is 2.76. The van der Waals surface area contributed by atoms with Gasteiger partial charge in [0.15, 0.2) is 0 Å². The van der Waals surface area contributed by atoms with E-state index in [-0.39, 0.29) is 10.8 Å². The van der Waals surface area contributed by atoms with Crippen molar-refractivity contribution >= 4 is 15.9 Å². The van der Waals surface area contributed by atoms with Gasteiger partial charge in [0.2, 0.25) is 15.9 Å². The van der Waals surface area contributed by atoms with Crippen LogP contribution in [0.25, 0.3) is 0 Å². The molecule has 4 rings (SSSR count). The fourth-order valence-corrected chi connectivity index (χ4v) is 5.43. The molecule has 0 radical (unpaired) electrons. The number of benzene rings is 2. The molecule has 2 aromatic carbocycles. The number of hydrogen-bond donors (Lipinski definition) is 1. The van der Waals surface area contributed by atoms with E-state index in [1.807, 2.05) is 24.3 Å². The van der Waals surface area contributed by atoms with Crippen molar-refractivity contribution in [2.45, 2.75) is 56.5 Å². The highest BCUT2D eigenvalue weighted by molar-refractivity contribution is 7.89. The quantitative estimate of drug-likeness (QED) is 0.861. The molecule has 2 aromatic rings. The third kappa shape index (κ3) is 3.84. The SMILES string of the molecule is C[C@@H](NS(=O)(=O)c1ccc2c(c1)CCCC2)C(=O)N1CCc2ccccc2C1. The minimum atomic E-state index is -3.73. The zero-order valence-corrected chi connectivity index (χ0v) is 17.0. The van der Waals surface area contributed by atoms with E-state index < -0.39 is 16.1 Å². The van der Waals surface area contributed by atoms with E-state index in [2.05, 4.69) is 10.8 Å². The highest BCUT2D eigenvalue weighted by atomic mass is 32.2. The van der Waals surface area contributed by atoms with Gasteiger partial charge in [-0.15, -0.1) is 0 Å². The maximum Gasteiger partial charge on any atom is 0.241 e. The van der Waals surface area contributed by atoms with E-state index in [4.69, 9.17) is 0 Å². The predicted octanol–water partition coefficient (Wildman–Crippen LogP) is 2.82. The molecule has 1 aliphatic carbocycles. The van der Waals surface area contributed by atoms with E-state index in [1.54, 1.807) is 24.0 Å². The third-order valence-electron chi connectivity index (χ3n) is 5.77. The summed E-state index contributed by atoms with van der Waals surface area (Å²) in [5, 5.41) is 0. The Balaban J connectivity index is 1.46. The van der Waals surface area contributed by atoms with Crippen LogP contribution in [0.2, 0.25) is 0 Å². The summed E-state index contributed by atoms with van der Waals surface area (Å²) in [5.74, 6) is -0.184. The molecule has 0 bridgehead atoms. The number of aryl methyl sites for hydroxylation is 2. The van der Waals surface area contributed by atoms with E-state index >= 15 is 0 Å². The number of hydrogen-bond acceptors (Lipinski definition) is 3. The highest BCUT2D eigenvalue weighted by Crippen LogP contribution is 2.24. The largest absolute Gasteiger partial charge is 0.337 e. The fraction of sp³-hybridized carbons (Fsp3) is 0.409. The number of fused-ring (bicyclic) bond motifs is 2. The number of carbonyl (C=O) groups is 1. The van der Waals surface area contributed by atoms with Crippen molar-refractivity contribution < 1.29 is 13.2 Å². The molecule has 1 amide bonds. The van der Waals surface area contributed by atoms with Gasteiger partial charge in [0.1, 0.15) is 0 Å². The van der Waals surface area contributed by atoms with Crippen LogP contribution in [0, 0.1) is 0 Å². The second-order valence-electron chi connectivity index (χ2n) is 7.76. The number of nitrogens with one attached hydrogen (secondary N) is 1. The first-order valence-electron chi connectivity index (χ1n) is 9.94. The van der Waals surface area contributed by atoms with E-state index in [1.165, 1.54) is 11.1 Å². The smallest absolute Gasteiger partial charge is 0.241 e. The summed E-state index contributed by atoms with van der Waals surface area (Å²) in [7, 11) is -3.73. The summed E-state index contributed by atoms with van der Waals surface area (Å²) in [6.07, 6.45) is 4.97. The normalized spacial score (nSPS) is 17.5. The molecule has 0 unspecified atom stereocenters. The van der Waals surface area contributed by atoms with Crippen LogP contribution in [0.1, 0.15) is 42.0 Å². The molecule has 0 spiro atoms. The third-order valence-corrected chi connectivity index (χ3v) is 7.31. The fourth-order valence-electron chi connectivity index (χ4n) is 4.19. The summed E-state index contributed by atoms with van der Waals surface area (Å²) in [5.41, 5.74) is 4.74. The zero-order valence-electron chi connectivity index (χ0n) is 16.1. The van der Waals surface area contributed by atoms with Crippen LogP contribution in [0.4, 0.5) is 0 Å². The molecule has 0 aromatic heterocycles. The predicted molar refractivity (Wildman–Crippen MR) is 108 cm³/mol. The lowest BCUT2D eigenvalue weighted by atomic mass is 9.92. The van der Waals surface area contributed by atoms with Crippen molar-refractivity contribution in [1.29, 1.82) is 0 Å². The van der Waals surface area contributed by atoms with E-state index in [0.717, 1.165) is 43.2 Å². The van der Waals surface area contributed by atoms with Crippen molar-refractivity contribution in [2.75, 3.05) is 6.54 Å². The second kappa shape index (κ2) is 7.68. The molecule has 148 valence electrons. The number of amides is 1. The lowest BCUT2D eigenvalue weighted by Crippen LogP contribution is -2.48. The van der Waals surface area contributed by atoms with Crippen molar-refractivity contribution in [1.82, 2.24) is 9.62 Å². The number of rotatable bonds is 4. The number of sulfonamides is 1. The standard InChI is InChI=1S/C22H26N2O3S/c1-16(22(25)24-13-12-18-7-3-5-9-20(18)15-24)23-28(26,27)21-11-10-17-6-2-4-8-19(17)14-21/h3,5,7,9-11,14,16,23H,2,4,6,8,12-13,15H2,1H3/t16-/m1/s1. The average molecular weight is 399 g/mol. The molecule has 28 heavy (non-hydrogen) atoms. The molecule has 1 aliphatic heterocycles. The first-order chi connectivity index (χ1) is 13.4. The minimum absolute atomic E-state index is 0.184. The Kier molecular flexibility index (Phi) is 5.25. The number of carbonyl (C=O) groups excluding carboxylic acids is 1. The first kappa shape index (κ1) is 19.2. The van der Waals surface area contributed by atoms with Gasteiger partial charge >= 0.3 is 0 Å². The van der Waals surface area contributed by atoms with Crippen LogP contribution in [0.15, 0.2) is 47.4 Å². The van der Waals surface area contributed by atoms with E-state index in [9.17, 15) is 13.2 Å². The van der Waals surface area contributed by atoms with Gasteiger partial charge in [-0.25, -0.2) is 8.42 Å². The van der Waals surface area contributed by atoms with Crippen molar-refractivity contribution in [3.63, 3.8) is 0 Å². The summed E-state index contributed by atoms with van der Waals surface area (Å²) < 4.78 is 28.2. The molecular weight excluding hydrogens is 372 g/mol. The van der Waals surface area contributed by atoms with Crippen molar-refractivity contribution in [3.05, 3.63) is 64.7 Å². The van der Waals surface area contributed by atoms with Gasteiger partial charge in [0.05, 0.1) is 10.9 Å². The molecule has 1 heterocycles. The van der Waals surface area contributed by atoms with Crippen molar-refractivity contribution in [2.24, 2.45) is 0 Å². The van der Waals surface area contributed by atoms with Crippen molar-refractivity contribution in [3.8, 4) is 0 Å². The molecule has 0 saturated heterocycles. The van der Waals surface area contributed by atoms with Gasteiger partial charge in [-0.2, -0.15) is 4.72 Å². The van der Waals surface area contributed by atoms with Crippen LogP contribution in [-0.2, 0) is 40.6 Å². The van der Waals surface area contributed by atoms with Crippen LogP contribution < -0.4 is 4.72 Å². The average Bonchev–Trinajstić information content (AvgIpc) is 2.72. The van der Waals surface area contributed by atoms with Gasteiger partial charge in [0, 0.05) is 13.1 Å². The molecule has 0 saturated carbocycles. The molecule has 1 N–H and O–H groups in total. The van der Waals surface area contributed by atoms with Crippen LogP contribution in [0.5, 0.6) is 0 Å². The first-order valence-corrected chi connectivity index (χ1v) is 11.4. The zero-order chi connectivity index (χ0) is 19.7. The summed E-state index contributed by atoms with van der Waals surface area (Å²) in [6, 6.07) is 12.6. The van der Waals surface area contributed by atoms with Gasteiger partial charge in [-0.05, 0) is 73.4 Å². The van der Waals surface area contributed by atoms with Gasteiger partial charge in [0.25, 0.3) is 0 Å². The van der Waals surface area contributed by atoms with E-state index in [0.29, 0.717) is 13.1 Å². The van der Waals surface area contributed by atoms with Crippen LogP contribution in [-0.4, -0.2) is 31.8 Å². The summed E-state index contributed by atoms with van der Waals surface area (Å²) in [4.78, 5) is 14.8. The minimum Gasteiger partial charge on any atom is -0.337 e. The molecule has 1 atom stereocenters. The highest BCUT2D eigenvalue weighted by Gasteiger charge is 2.28. The lowest BCUT2D eigenvalue weighted by Gasteiger charge is -2.31. The second-order valence-corrected chi connectivity index (χ2v) is 9.47. The molecule has 5 nitrogen and oxygen atoms in total. The summed E-state index contributed by atoms with van der Waals surface area (Å²) >= 11 is 0. The Hall–Kier alpha value is -2.18.